The predicted octanol–water partition coefficient (Wildman–Crippen LogP) is 1.08. The van der Waals surface area contributed by atoms with Crippen LogP contribution < -0.4 is 5.32 Å². The van der Waals surface area contributed by atoms with E-state index in [1.165, 1.54) is 19.4 Å². The van der Waals surface area contributed by atoms with Gasteiger partial charge in [0, 0.05) is 19.1 Å². The van der Waals surface area contributed by atoms with Gasteiger partial charge in [-0.2, -0.15) is 0 Å². The summed E-state index contributed by atoms with van der Waals surface area (Å²) in [5.74, 6) is 0.764. The van der Waals surface area contributed by atoms with E-state index in [0.717, 1.165) is 25.6 Å². The summed E-state index contributed by atoms with van der Waals surface area (Å²) in [7, 11) is 0. The smallest absolute Gasteiger partial charge is 0.0639 e. The molecule has 15 heavy (non-hydrogen) atoms. The van der Waals surface area contributed by atoms with Crippen LogP contribution in [0, 0.1) is 5.92 Å². The second kappa shape index (κ2) is 6.46. The Labute approximate surface area is 93.9 Å². The van der Waals surface area contributed by atoms with Gasteiger partial charge in [-0.1, -0.05) is 0 Å². The SMILES string of the molecule is CC(O)CN(CC1CCCNC1)C(C)C. The third kappa shape index (κ3) is 4.96. The summed E-state index contributed by atoms with van der Waals surface area (Å²) in [6.07, 6.45) is 2.41. The summed E-state index contributed by atoms with van der Waals surface area (Å²) in [4.78, 5) is 2.39. The molecular weight excluding hydrogens is 188 g/mol. The maximum absolute atomic E-state index is 9.44. The maximum Gasteiger partial charge on any atom is 0.0639 e. The Balaban J connectivity index is 2.35. The third-order valence-electron chi connectivity index (χ3n) is 3.12. The molecule has 0 amide bonds. The van der Waals surface area contributed by atoms with Gasteiger partial charge in [0.25, 0.3) is 0 Å². The molecule has 0 aromatic rings. The lowest BCUT2D eigenvalue weighted by Crippen LogP contribution is -2.43. The number of nitrogens with zero attached hydrogens (tertiary/aromatic N) is 1. The largest absolute Gasteiger partial charge is 0.392 e. The van der Waals surface area contributed by atoms with Crippen LogP contribution in [0.25, 0.3) is 0 Å². The minimum Gasteiger partial charge on any atom is -0.392 e. The third-order valence-corrected chi connectivity index (χ3v) is 3.12. The molecule has 90 valence electrons. The van der Waals surface area contributed by atoms with Crippen molar-refractivity contribution in [1.82, 2.24) is 10.2 Å². The fourth-order valence-corrected chi connectivity index (χ4v) is 2.25. The summed E-state index contributed by atoms with van der Waals surface area (Å²) in [5.41, 5.74) is 0. The van der Waals surface area contributed by atoms with Gasteiger partial charge >= 0.3 is 0 Å². The molecule has 1 saturated heterocycles. The Kier molecular flexibility index (Phi) is 5.58. The van der Waals surface area contributed by atoms with Gasteiger partial charge in [0.2, 0.25) is 0 Å². The Morgan fingerprint density at radius 2 is 2.13 bits per heavy atom. The van der Waals surface area contributed by atoms with Crippen molar-refractivity contribution in [3.63, 3.8) is 0 Å². The summed E-state index contributed by atoms with van der Waals surface area (Å²) in [5, 5.41) is 12.9. The lowest BCUT2D eigenvalue weighted by atomic mass is 9.98. The molecule has 0 radical (unpaired) electrons. The van der Waals surface area contributed by atoms with Crippen LogP contribution in [-0.4, -0.2) is 48.3 Å². The van der Waals surface area contributed by atoms with Crippen LogP contribution in [0.1, 0.15) is 33.6 Å². The van der Waals surface area contributed by atoms with Crippen LogP contribution in [0.2, 0.25) is 0 Å². The van der Waals surface area contributed by atoms with Crippen molar-refractivity contribution < 1.29 is 5.11 Å². The number of nitrogens with one attached hydrogen (secondary N) is 1. The van der Waals surface area contributed by atoms with Gasteiger partial charge in [0.05, 0.1) is 6.10 Å². The highest BCUT2D eigenvalue weighted by molar-refractivity contribution is 4.75. The Morgan fingerprint density at radius 1 is 1.40 bits per heavy atom. The fraction of sp³-hybridized carbons (Fsp3) is 1.00. The van der Waals surface area contributed by atoms with Crippen molar-refractivity contribution in [2.75, 3.05) is 26.2 Å². The lowest BCUT2D eigenvalue weighted by Gasteiger charge is -2.33. The Morgan fingerprint density at radius 3 is 2.60 bits per heavy atom. The van der Waals surface area contributed by atoms with E-state index in [2.05, 4.69) is 24.1 Å². The highest BCUT2D eigenvalue weighted by Gasteiger charge is 2.19. The molecule has 0 aliphatic carbocycles. The number of piperidine rings is 1. The zero-order valence-electron chi connectivity index (χ0n) is 10.4. The minimum atomic E-state index is -0.219. The van der Waals surface area contributed by atoms with Crippen LogP contribution in [0.5, 0.6) is 0 Å². The summed E-state index contributed by atoms with van der Waals surface area (Å²) in [6.45, 7) is 10.5. The fourth-order valence-electron chi connectivity index (χ4n) is 2.25. The molecule has 0 aromatic carbocycles. The first-order valence-corrected chi connectivity index (χ1v) is 6.22. The topological polar surface area (TPSA) is 35.5 Å². The second-order valence-electron chi connectivity index (χ2n) is 5.11. The van der Waals surface area contributed by atoms with Crippen LogP contribution in [-0.2, 0) is 0 Å². The minimum absolute atomic E-state index is 0.219. The van der Waals surface area contributed by atoms with Gasteiger partial charge in [-0.15, -0.1) is 0 Å². The average molecular weight is 214 g/mol. The molecule has 2 atom stereocenters. The first-order chi connectivity index (χ1) is 7.09. The van der Waals surface area contributed by atoms with Crippen molar-refractivity contribution in [2.24, 2.45) is 5.92 Å². The molecule has 1 fully saturated rings. The highest BCUT2D eigenvalue weighted by atomic mass is 16.3. The predicted molar refractivity (Wildman–Crippen MR) is 64.0 cm³/mol. The molecule has 2 unspecified atom stereocenters. The second-order valence-corrected chi connectivity index (χ2v) is 5.11. The highest BCUT2D eigenvalue weighted by Crippen LogP contribution is 2.13. The number of aliphatic hydroxyl groups is 1. The van der Waals surface area contributed by atoms with E-state index in [-0.39, 0.29) is 6.10 Å². The molecular formula is C12H26N2O. The summed E-state index contributed by atoms with van der Waals surface area (Å²) in [6, 6.07) is 0.529. The monoisotopic (exact) mass is 214 g/mol. The van der Waals surface area contributed by atoms with E-state index >= 15 is 0 Å². The summed E-state index contributed by atoms with van der Waals surface area (Å²) < 4.78 is 0. The number of aliphatic hydroxyl groups excluding tert-OH is 1. The number of hydrogen-bond acceptors (Lipinski definition) is 3. The number of rotatable bonds is 5. The van der Waals surface area contributed by atoms with Crippen molar-refractivity contribution in [1.29, 1.82) is 0 Å². The van der Waals surface area contributed by atoms with Crippen molar-refractivity contribution in [3.8, 4) is 0 Å². The van der Waals surface area contributed by atoms with E-state index in [0.29, 0.717) is 6.04 Å². The molecule has 0 aromatic heterocycles. The number of hydrogen-bond donors (Lipinski definition) is 2. The van der Waals surface area contributed by atoms with E-state index in [1.54, 1.807) is 0 Å². The first kappa shape index (κ1) is 12.9. The lowest BCUT2D eigenvalue weighted by molar-refractivity contribution is 0.0909. The van der Waals surface area contributed by atoms with Crippen LogP contribution in [0.15, 0.2) is 0 Å². The first-order valence-electron chi connectivity index (χ1n) is 6.22. The quantitative estimate of drug-likeness (QED) is 0.719. The average Bonchev–Trinajstić information content (AvgIpc) is 2.17. The van der Waals surface area contributed by atoms with E-state index in [9.17, 15) is 5.11 Å². The normalized spacial score (nSPS) is 24.8. The molecule has 3 nitrogen and oxygen atoms in total. The molecule has 1 rings (SSSR count). The molecule has 3 heteroatoms. The van der Waals surface area contributed by atoms with Gasteiger partial charge in [0.1, 0.15) is 0 Å². The molecule has 1 heterocycles. The molecule has 2 N–H and O–H groups in total. The van der Waals surface area contributed by atoms with Crippen molar-refractivity contribution >= 4 is 0 Å². The van der Waals surface area contributed by atoms with Gasteiger partial charge in [-0.3, -0.25) is 4.90 Å². The molecule has 1 aliphatic rings. The molecule has 0 bridgehead atoms. The zero-order valence-corrected chi connectivity index (χ0v) is 10.4. The maximum atomic E-state index is 9.44. The Hall–Kier alpha value is -0.120. The molecule has 0 spiro atoms. The molecule has 0 saturated carbocycles. The van der Waals surface area contributed by atoms with Gasteiger partial charge < -0.3 is 10.4 Å². The Bertz CT molecular complexity index is 165. The van der Waals surface area contributed by atoms with E-state index in [1.807, 2.05) is 6.92 Å². The van der Waals surface area contributed by atoms with Crippen LogP contribution in [0.4, 0.5) is 0 Å². The van der Waals surface area contributed by atoms with Crippen LogP contribution >= 0.6 is 0 Å². The van der Waals surface area contributed by atoms with E-state index in [4.69, 9.17) is 0 Å². The van der Waals surface area contributed by atoms with E-state index < -0.39 is 0 Å². The van der Waals surface area contributed by atoms with Gasteiger partial charge in [0.15, 0.2) is 0 Å². The van der Waals surface area contributed by atoms with Gasteiger partial charge in [-0.05, 0) is 52.6 Å². The van der Waals surface area contributed by atoms with Gasteiger partial charge in [-0.25, -0.2) is 0 Å². The zero-order chi connectivity index (χ0) is 11.3. The molecule has 1 aliphatic heterocycles. The summed E-state index contributed by atoms with van der Waals surface area (Å²) >= 11 is 0. The van der Waals surface area contributed by atoms with Crippen LogP contribution in [0.3, 0.4) is 0 Å². The van der Waals surface area contributed by atoms with Crippen molar-refractivity contribution in [3.05, 3.63) is 0 Å². The van der Waals surface area contributed by atoms with Crippen molar-refractivity contribution in [2.45, 2.75) is 45.8 Å². The standard InChI is InChI=1S/C12H26N2O/c1-10(2)14(8-11(3)15)9-12-5-4-6-13-7-12/h10-13,15H,4-9H2,1-3H3.